The summed E-state index contributed by atoms with van der Waals surface area (Å²) in [5.74, 6) is -19.5. The van der Waals surface area contributed by atoms with E-state index < -0.39 is 72.8 Å². The van der Waals surface area contributed by atoms with Crippen LogP contribution < -0.4 is 5.32 Å². The van der Waals surface area contributed by atoms with Crippen molar-refractivity contribution < 1.29 is 61.9 Å². The van der Waals surface area contributed by atoms with Crippen molar-refractivity contribution in [3.05, 3.63) is 0 Å². The molecule has 1 saturated heterocycles. The van der Waals surface area contributed by atoms with E-state index in [0.717, 1.165) is 0 Å². The molecular formula is C11H9F13N2O. The number of carbonyl (C=O) groups excluding carboxylic acids is 1. The number of nitrogens with one attached hydrogen (secondary N) is 1. The van der Waals surface area contributed by atoms with Crippen molar-refractivity contribution in [1.82, 2.24) is 10.2 Å². The molecule has 1 heterocycles. The summed E-state index contributed by atoms with van der Waals surface area (Å²) in [5, 5.41) is 2.33. The molecule has 1 fully saturated rings. The summed E-state index contributed by atoms with van der Waals surface area (Å²) in [7, 11) is 0. The fraction of sp³-hybridized carbons (Fsp3) is 0.909. The lowest BCUT2D eigenvalue weighted by Gasteiger charge is -2.41. The molecule has 1 rings (SSSR count). The average molecular weight is 432 g/mol. The van der Waals surface area contributed by atoms with E-state index in [2.05, 4.69) is 5.32 Å². The van der Waals surface area contributed by atoms with Crippen LogP contribution in [-0.4, -0.2) is 72.8 Å². The molecule has 0 atom stereocenters. The van der Waals surface area contributed by atoms with Crippen molar-refractivity contribution in [3.63, 3.8) is 0 Å². The highest BCUT2D eigenvalue weighted by Crippen LogP contribution is 2.55. The van der Waals surface area contributed by atoms with E-state index in [4.69, 9.17) is 0 Å². The molecule has 0 radical (unpaired) electrons. The molecule has 0 unspecified atom stereocenters. The van der Waals surface area contributed by atoms with Gasteiger partial charge in [-0.2, -0.15) is 52.7 Å². The first kappa shape index (κ1) is 23.7. The van der Waals surface area contributed by atoms with E-state index in [0.29, 0.717) is 0 Å². The molecule has 0 aromatic heterocycles. The molecule has 27 heavy (non-hydrogen) atoms. The second-order valence-electron chi connectivity index (χ2n) is 5.41. The monoisotopic (exact) mass is 432 g/mol. The number of nitrogens with zero attached hydrogens (tertiary/aromatic N) is 1. The Morgan fingerprint density at radius 3 is 1.41 bits per heavy atom. The van der Waals surface area contributed by atoms with Crippen molar-refractivity contribution in [2.75, 3.05) is 26.2 Å². The molecule has 160 valence electrons. The minimum atomic E-state index is -7.49. The first-order chi connectivity index (χ1) is 11.8. The third-order valence-electron chi connectivity index (χ3n) is 3.67. The van der Waals surface area contributed by atoms with Gasteiger partial charge >= 0.3 is 35.9 Å². The lowest BCUT2D eigenvalue weighted by Crippen LogP contribution is -2.72. The minimum Gasteiger partial charge on any atom is -0.314 e. The van der Waals surface area contributed by atoms with E-state index >= 15 is 0 Å². The zero-order valence-corrected chi connectivity index (χ0v) is 12.6. The number of hydrogen-bond donors (Lipinski definition) is 1. The maximum absolute atomic E-state index is 13.8. The van der Waals surface area contributed by atoms with Crippen LogP contribution >= 0.6 is 0 Å². The van der Waals surface area contributed by atoms with E-state index in [1.807, 2.05) is 0 Å². The quantitative estimate of drug-likeness (QED) is 0.536. The molecular weight excluding hydrogens is 423 g/mol. The van der Waals surface area contributed by atoms with Crippen LogP contribution in [0.4, 0.5) is 57.1 Å². The normalized spacial score (nSPS) is 19.3. The number of ketones is 1. The van der Waals surface area contributed by atoms with Gasteiger partial charge in [-0.3, -0.25) is 4.79 Å². The summed E-state index contributed by atoms with van der Waals surface area (Å²) in [6.45, 7) is -3.06. The van der Waals surface area contributed by atoms with Crippen LogP contribution in [0.25, 0.3) is 0 Å². The van der Waals surface area contributed by atoms with Gasteiger partial charge in [-0.15, -0.1) is 0 Å². The van der Waals surface area contributed by atoms with Crippen LogP contribution in [0.2, 0.25) is 0 Å². The Labute approximate surface area is 141 Å². The summed E-state index contributed by atoms with van der Waals surface area (Å²) in [6.07, 6.45) is -14.9. The highest BCUT2D eigenvalue weighted by atomic mass is 19.4. The second-order valence-corrected chi connectivity index (χ2v) is 5.41. The third kappa shape index (κ3) is 3.45. The first-order valence-corrected chi connectivity index (χ1v) is 6.72. The number of Topliss-reactive ketones (excluding diaryl/α,β-unsaturated/α-hetero) is 1. The fourth-order valence-electron chi connectivity index (χ4n) is 2.11. The van der Waals surface area contributed by atoms with Crippen LogP contribution in [0, 0.1) is 0 Å². The van der Waals surface area contributed by atoms with E-state index in [1.165, 1.54) is 0 Å². The number of piperazine rings is 1. The van der Waals surface area contributed by atoms with Crippen molar-refractivity contribution >= 4 is 5.78 Å². The van der Waals surface area contributed by atoms with Crippen LogP contribution in [0.1, 0.15) is 0 Å². The molecule has 1 aliphatic rings. The number of rotatable bonds is 5. The van der Waals surface area contributed by atoms with Crippen LogP contribution in [0.15, 0.2) is 0 Å². The van der Waals surface area contributed by atoms with Gasteiger partial charge in [0.1, 0.15) is 0 Å². The van der Waals surface area contributed by atoms with E-state index in [-0.39, 0.29) is 0 Å². The largest absolute Gasteiger partial charge is 0.439 e. The van der Waals surface area contributed by atoms with Crippen molar-refractivity contribution in [2.24, 2.45) is 0 Å². The van der Waals surface area contributed by atoms with Gasteiger partial charge < -0.3 is 5.32 Å². The predicted octanol–water partition coefficient (Wildman–Crippen LogP) is 3.16. The lowest BCUT2D eigenvalue weighted by molar-refractivity contribution is -0.364. The van der Waals surface area contributed by atoms with Crippen molar-refractivity contribution in [2.45, 2.75) is 35.9 Å². The van der Waals surface area contributed by atoms with E-state index in [1.54, 1.807) is 0 Å². The van der Waals surface area contributed by atoms with Gasteiger partial charge in [-0.05, 0) is 0 Å². The van der Waals surface area contributed by atoms with Crippen LogP contribution in [0.5, 0.6) is 0 Å². The van der Waals surface area contributed by atoms with Crippen LogP contribution in [0.3, 0.4) is 0 Å². The zero-order valence-electron chi connectivity index (χ0n) is 12.6. The first-order valence-electron chi connectivity index (χ1n) is 6.72. The molecule has 1 N–H and O–H groups in total. The molecule has 16 heteroatoms. The van der Waals surface area contributed by atoms with Crippen LogP contribution in [-0.2, 0) is 4.79 Å². The molecule has 0 aromatic rings. The Kier molecular flexibility index (Phi) is 5.83. The minimum absolute atomic E-state index is 0.469. The lowest BCUT2D eigenvalue weighted by atomic mass is 9.89. The standard InChI is InChI=1S/C11H9F13N2O/c12-6(9(17,18)19,10(20,21)22)5(27)7(13,14)8(15,16)11(23,24)26-3-1-25-2-4-26/h25H,1-4H2. The molecule has 1 aliphatic heterocycles. The molecule has 3 nitrogen and oxygen atoms in total. The molecule has 0 aromatic carbocycles. The van der Waals surface area contributed by atoms with Gasteiger partial charge in [0.25, 0.3) is 5.78 Å². The fourth-order valence-corrected chi connectivity index (χ4v) is 2.11. The maximum atomic E-state index is 13.8. The summed E-state index contributed by atoms with van der Waals surface area (Å²) in [4.78, 5) is 10.3. The number of halogens is 13. The number of carbonyl (C=O) groups is 1. The Morgan fingerprint density at radius 2 is 1.07 bits per heavy atom. The second kappa shape index (κ2) is 6.63. The van der Waals surface area contributed by atoms with Gasteiger partial charge in [-0.1, -0.05) is 0 Å². The van der Waals surface area contributed by atoms with Gasteiger partial charge in [0.2, 0.25) is 0 Å². The number of hydrogen-bond acceptors (Lipinski definition) is 3. The molecule has 0 bridgehead atoms. The topological polar surface area (TPSA) is 32.3 Å². The average Bonchev–Trinajstić information content (AvgIpc) is 2.51. The SMILES string of the molecule is O=C(C(F)(F)C(F)(F)C(F)(F)N1CCNCC1)C(F)(C(F)(F)F)C(F)(F)F. The maximum Gasteiger partial charge on any atom is 0.439 e. The van der Waals surface area contributed by atoms with Crippen molar-refractivity contribution in [3.8, 4) is 0 Å². The summed E-state index contributed by atoms with van der Waals surface area (Å²) in [6, 6.07) is -6.06. The van der Waals surface area contributed by atoms with Gasteiger partial charge in [0.05, 0.1) is 0 Å². The molecule has 0 amide bonds. The van der Waals surface area contributed by atoms with Gasteiger partial charge in [-0.25, -0.2) is 9.29 Å². The van der Waals surface area contributed by atoms with Gasteiger partial charge in [0, 0.05) is 26.2 Å². The highest BCUT2D eigenvalue weighted by molar-refractivity contribution is 5.96. The molecule has 0 aliphatic carbocycles. The Bertz CT molecular complexity index is 548. The van der Waals surface area contributed by atoms with Gasteiger partial charge in [0.15, 0.2) is 0 Å². The zero-order chi connectivity index (χ0) is 21.7. The Balaban J connectivity index is 3.46. The third-order valence-corrected chi connectivity index (χ3v) is 3.67. The predicted molar refractivity (Wildman–Crippen MR) is 60.2 cm³/mol. The molecule has 0 spiro atoms. The number of alkyl halides is 13. The smallest absolute Gasteiger partial charge is 0.314 e. The summed E-state index contributed by atoms with van der Waals surface area (Å²) >= 11 is 0. The Morgan fingerprint density at radius 1 is 0.704 bits per heavy atom. The summed E-state index contributed by atoms with van der Waals surface area (Å²) < 4.78 is 169. The Hall–Kier alpha value is -1.32. The molecule has 0 saturated carbocycles. The highest BCUT2D eigenvalue weighted by Gasteiger charge is 2.87. The summed E-state index contributed by atoms with van der Waals surface area (Å²) in [5.41, 5.74) is -7.49. The van der Waals surface area contributed by atoms with Crippen molar-refractivity contribution in [1.29, 1.82) is 0 Å². The van der Waals surface area contributed by atoms with E-state index in [9.17, 15) is 61.9 Å².